The van der Waals surface area contributed by atoms with Gasteiger partial charge >= 0.3 is 0 Å². The molecule has 1 radical (unpaired) electrons. The van der Waals surface area contributed by atoms with Crippen molar-refractivity contribution in [3.8, 4) is 5.92 Å². The van der Waals surface area contributed by atoms with Crippen molar-refractivity contribution in [2.24, 2.45) is 0 Å². The second-order valence-electron chi connectivity index (χ2n) is 5.36. The summed E-state index contributed by atoms with van der Waals surface area (Å²) in [5.41, 5.74) is 2.86. The molecule has 0 aliphatic carbocycles. The Bertz CT molecular complexity index is 353. The van der Waals surface area contributed by atoms with Gasteiger partial charge in [-0.15, -0.1) is 0 Å². The molecule has 0 amide bonds. The lowest BCUT2D eigenvalue weighted by Gasteiger charge is -2.04. The molecule has 0 aliphatic heterocycles. The molecule has 0 N–H and O–H groups in total. The highest BCUT2D eigenvalue weighted by atomic mass is 14.0. The predicted molar refractivity (Wildman–Crippen MR) is 83.6 cm³/mol. The highest BCUT2D eigenvalue weighted by Gasteiger charge is 1.96. The zero-order valence-electron chi connectivity index (χ0n) is 12.4. The van der Waals surface area contributed by atoms with Crippen molar-refractivity contribution in [1.29, 1.82) is 0 Å². The number of benzene rings is 1. The van der Waals surface area contributed by atoms with Gasteiger partial charge in [-0.3, -0.25) is 0 Å². The molecule has 103 valence electrons. The summed E-state index contributed by atoms with van der Waals surface area (Å²) in [6.07, 6.45) is 19.2. The summed E-state index contributed by atoms with van der Waals surface area (Å²) in [5.74, 6) is 2.45. The Balaban J connectivity index is 2.15. The molecule has 0 bridgehead atoms. The van der Waals surface area contributed by atoms with Crippen LogP contribution in [0.1, 0.15) is 69.4 Å². The van der Waals surface area contributed by atoms with E-state index in [1.165, 1.54) is 56.1 Å². The summed E-state index contributed by atoms with van der Waals surface area (Å²) in [7, 11) is 0. The number of hydrogen-bond donors (Lipinski definition) is 0. The van der Waals surface area contributed by atoms with Crippen LogP contribution in [0.15, 0.2) is 24.3 Å². The lowest BCUT2D eigenvalue weighted by atomic mass is 10.0. The van der Waals surface area contributed by atoms with Crippen LogP contribution < -0.4 is 0 Å². The Kier molecular flexibility index (Phi) is 8.90. The normalized spacial score (nSPS) is 10.3. The molecular weight excluding hydrogens is 228 g/mol. The van der Waals surface area contributed by atoms with Crippen molar-refractivity contribution in [1.82, 2.24) is 0 Å². The van der Waals surface area contributed by atoms with Crippen LogP contribution in [0.25, 0.3) is 0 Å². The minimum Gasteiger partial charge on any atom is -0.0891 e. The Morgan fingerprint density at radius 3 is 1.89 bits per heavy atom. The third-order valence-electron chi connectivity index (χ3n) is 3.61. The molecule has 0 heterocycles. The molecule has 1 aromatic carbocycles. The average molecular weight is 255 g/mol. The molecule has 0 spiro atoms. The molecule has 0 fully saturated rings. The van der Waals surface area contributed by atoms with Crippen LogP contribution in [0.3, 0.4) is 0 Å². The summed E-state index contributed by atoms with van der Waals surface area (Å²) in [5, 5.41) is 0. The van der Waals surface area contributed by atoms with Crippen molar-refractivity contribution in [2.75, 3.05) is 0 Å². The standard InChI is InChI=1S/C19H27/c1-3-5-7-8-9-11-13-19-16-14-18(15-17-19)12-10-6-4-2/h14-17H,3,5-13H2,1H3. The van der Waals surface area contributed by atoms with Crippen molar-refractivity contribution in [3.05, 3.63) is 41.8 Å². The van der Waals surface area contributed by atoms with Gasteiger partial charge in [0.1, 0.15) is 0 Å². The van der Waals surface area contributed by atoms with Crippen LogP contribution in [-0.2, 0) is 12.8 Å². The Labute approximate surface area is 119 Å². The number of hydrogen-bond acceptors (Lipinski definition) is 0. The van der Waals surface area contributed by atoms with Gasteiger partial charge in [0.15, 0.2) is 0 Å². The maximum Gasteiger partial charge on any atom is 0.0102 e. The minimum absolute atomic E-state index is 0.777. The molecule has 0 saturated carbocycles. The summed E-state index contributed by atoms with van der Waals surface area (Å²) in [6.45, 7) is 2.27. The van der Waals surface area contributed by atoms with Gasteiger partial charge in [-0.05, 0) is 43.2 Å². The molecule has 0 saturated heterocycles. The Hall–Kier alpha value is -1.22. The molecule has 0 unspecified atom stereocenters. The smallest absolute Gasteiger partial charge is 0.0102 e. The molecule has 1 rings (SSSR count). The molecule has 1 aromatic rings. The molecular formula is C19H27. The lowest BCUT2D eigenvalue weighted by Crippen LogP contribution is -1.89. The van der Waals surface area contributed by atoms with E-state index in [9.17, 15) is 0 Å². The van der Waals surface area contributed by atoms with Crippen LogP contribution >= 0.6 is 0 Å². The summed E-state index contributed by atoms with van der Waals surface area (Å²) in [6, 6.07) is 9.04. The van der Waals surface area contributed by atoms with E-state index >= 15 is 0 Å². The van der Waals surface area contributed by atoms with Gasteiger partial charge in [0.2, 0.25) is 0 Å². The highest BCUT2D eigenvalue weighted by molar-refractivity contribution is 5.22. The number of unbranched alkanes of at least 4 members (excludes halogenated alkanes) is 6. The van der Waals surface area contributed by atoms with Crippen LogP contribution in [0, 0.1) is 12.3 Å². The summed E-state index contributed by atoms with van der Waals surface area (Å²) < 4.78 is 0. The second-order valence-corrected chi connectivity index (χ2v) is 5.36. The van der Waals surface area contributed by atoms with Crippen LogP contribution in [0.5, 0.6) is 0 Å². The van der Waals surface area contributed by atoms with E-state index in [2.05, 4.69) is 37.1 Å². The maximum atomic E-state index is 6.89. The van der Waals surface area contributed by atoms with E-state index in [4.69, 9.17) is 6.42 Å². The van der Waals surface area contributed by atoms with Gasteiger partial charge in [0.25, 0.3) is 0 Å². The highest BCUT2D eigenvalue weighted by Crippen LogP contribution is 2.12. The SMILES string of the molecule is [C]#CCCCc1ccc(CCCCCCCC)cc1. The van der Waals surface area contributed by atoms with Crippen molar-refractivity contribution < 1.29 is 0 Å². The number of aryl methyl sites for hydroxylation is 2. The zero-order chi connectivity index (χ0) is 13.8. The van der Waals surface area contributed by atoms with Crippen molar-refractivity contribution >= 4 is 0 Å². The van der Waals surface area contributed by atoms with Gasteiger partial charge in [0, 0.05) is 6.42 Å². The second kappa shape index (κ2) is 10.7. The molecule has 19 heavy (non-hydrogen) atoms. The minimum atomic E-state index is 0.777. The Morgan fingerprint density at radius 2 is 1.32 bits per heavy atom. The zero-order valence-corrected chi connectivity index (χ0v) is 12.4. The molecule has 0 nitrogen and oxygen atoms in total. The van der Waals surface area contributed by atoms with E-state index in [0.29, 0.717) is 0 Å². The van der Waals surface area contributed by atoms with E-state index in [-0.39, 0.29) is 0 Å². The van der Waals surface area contributed by atoms with Gasteiger partial charge in [-0.25, -0.2) is 0 Å². The molecule has 0 aromatic heterocycles. The fourth-order valence-corrected chi connectivity index (χ4v) is 2.36. The van der Waals surface area contributed by atoms with Crippen LogP contribution in [0.4, 0.5) is 0 Å². The van der Waals surface area contributed by atoms with Crippen LogP contribution in [0.2, 0.25) is 0 Å². The van der Waals surface area contributed by atoms with Crippen molar-refractivity contribution in [3.63, 3.8) is 0 Å². The first-order valence-electron chi connectivity index (χ1n) is 7.84. The fraction of sp³-hybridized carbons (Fsp3) is 0.579. The summed E-state index contributed by atoms with van der Waals surface area (Å²) >= 11 is 0. The fourth-order valence-electron chi connectivity index (χ4n) is 2.36. The third kappa shape index (κ3) is 7.73. The molecule has 0 heteroatoms. The quantitative estimate of drug-likeness (QED) is 0.382. The van der Waals surface area contributed by atoms with Gasteiger partial charge in [-0.2, -0.15) is 0 Å². The van der Waals surface area contributed by atoms with Gasteiger partial charge in [0.05, 0.1) is 0 Å². The van der Waals surface area contributed by atoms with Gasteiger partial charge in [-0.1, -0.05) is 69.2 Å². The van der Waals surface area contributed by atoms with Crippen molar-refractivity contribution in [2.45, 2.75) is 71.1 Å². The largest absolute Gasteiger partial charge is 0.0891 e. The molecule has 0 aliphatic rings. The van der Waals surface area contributed by atoms with Gasteiger partial charge < -0.3 is 0 Å². The summed E-state index contributed by atoms with van der Waals surface area (Å²) in [4.78, 5) is 0. The van der Waals surface area contributed by atoms with E-state index < -0.39 is 0 Å². The van der Waals surface area contributed by atoms with E-state index in [1.54, 1.807) is 0 Å². The van der Waals surface area contributed by atoms with Crippen LogP contribution in [-0.4, -0.2) is 0 Å². The third-order valence-corrected chi connectivity index (χ3v) is 3.61. The topological polar surface area (TPSA) is 0 Å². The van der Waals surface area contributed by atoms with E-state index in [0.717, 1.165) is 19.3 Å². The Morgan fingerprint density at radius 1 is 0.789 bits per heavy atom. The maximum absolute atomic E-state index is 6.89. The predicted octanol–water partition coefficient (Wildman–Crippen LogP) is 5.50. The number of rotatable bonds is 10. The first kappa shape index (κ1) is 15.8. The monoisotopic (exact) mass is 255 g/mol. The molecule has 0 atom stereocenters. The first-order valence-corrected chi connectivity index (χ1v) is 7.84. The lowest BCUT2D eigenvalue weighted by molar-refractivity contribution is 0.607. The average Bonchev–Trinajstić information content (AvgIpc) is 2.44. The first-order chi connectivity index (χ1) is 9.36. The van der Waals surface area contributed by atoms with E-state index in [1.807, 2.05) is 0 Å².